The van der Waals surface area contributed by atoms with Gasteiger partial charge in [0.25, 0.3) is 5.91 Å². The largest absolute Gasteiger partial charge is 0.353 e. The molecule has 0 radical (unpaired) electrons. The third-order valence-corrected chi connectivity index (χ3v) is 6.07. The van der Waals surface area contributed by atoms with Gasteiger partial charge >= 0.3 is 0 Å². The van der Waals surface area contributed by atoms with Crippen molar-refractivity contribution in [3.05, 3.63) is 87.3 Å². The maximum Gasteiger partial charge on any atom is 0.255 e. The van der Waals surface area contributed by atoms with Crippen LogP contribution in [0.15, 0.2) is 48.5 Å². The van der Waals surface area contributed by atoms with Gasteiger partial charge in [-0.25, -0.2) is 9.97 Å². The summed E-state index contributed by atoms with van der Waals surface area (Å²) in [5.74, 6) is 1.74. The van der Waals surface area contributed by atoms with Gasteiger partial charge in [-0.15, -0.1) is 0 Å². The van der Waals surface area contributed by atoms with Crippen molar-refractivity contribution >= 4 is 23.3 Å². The van der Waals surface area contributed by atoms with Crippen LogP contribution in [0.3, 0.4) is 0 Å². The quantitative estimate of drug-likeness (QED) is 0.601. The number of hydrogen-bond acceptors (Lipinski definition) is 4. The monoisotopic (exact) mass is 434 g/mol. The van der Waals surface area contributed by atoms with Crippen LogP contribution in [0.4, 0.5) is 5.82 Å². The number of rotatable bonds is 4. The van der Waals surface area contributed by atoms with E-state index < -0.39 is 0 Å². The van der Waals surface area contributed by atoms with Crippen LogP contribution in [-0.4, -0.2) is 47.0 Å². The second-order valence-electron chi connectivity index (χ2n) is 8.08. The first kappa shape index (κ1) is 21.3. The van der Waals surface area contributed by atoms with Gasteiger partial charge in [0.2, 0.25) is 0 Å². The lowest BCUT2D eigenvalue weighted by atomic mass is 10.0. The van der Waals surface area contributed by atoms with E-state index in [2.05, 4.69) is 48.0 Å². The van der Waals surface area contributed by atoms with Gasteiger partial charge in [0.15, 0.2) is 0 Å². The zero-order valence-electron chi connectivity index (χ0n) is 18.2. The van der Waals surface area contributed by atoms with Crippen LogP contribution in [0.5, 0.6) is 0 Å². The molecule has 0 spiro atoms. The molecule has 4 rings (SSSR count). The molecule has 1 aromatic heterocycles. The number of benzene rings is 2. The number of hydrogen-bond donors (Lipinski definition) is 0. The summed E-state index contributed by atoms with van der Waals surface area (Å²) >= 11 is 6.23. The number of carbonyl (C=O) groups excluding carboxylic acids is 1. The SMILES string of the molecule is Cc1cccc(Cc2c(C)nc(C)nc2N2CCN(C(=O)c3ccccc3Cl)CC2)c1. The highest BCUT2D eigenvalue weighted by atomic mass is 35.5. The van der Waals surface area contributed by atoms with Crippen LogP contribution >= 0.6 is 11.6 Å². The summed E-state index contributed by atoms with van der Waals surface area (Å²) in [4.78, 5) is 26.5. The van der Waals surface area contributed by atoms with E-state index in [1.807, 2.05) is 24.0 Å². The Hall–Kier alpha value is -2.92. The zero-order valence-corrected chi connectivity index (χ0v) is 19.0. The van der Waals surface area contributed by atoms with Crippen molar-refractivity contribution in [3.8, 4) is 0 Å². The lowest BCUT2D eigenvalue weighted by Crippen LogP contribution is -2.49. The van der Waals surface area contributed by atoms with Crippen molar-refractivity contribution in [2.75, 3.05) is 31.1 Å². The summed E-state index contributed by atoms with van der Waals surface area (Å²) in [5.41, 5.74) is 5.23. The van der Waals surface area contributed by atoms with Crippen molar-refractivity contribution in [1.29, 1.82) is 0 Å². The van der Waals surface area contributed by atoms with Crippen LogP contribution in [0.2, 0.25) is 5.02 Å². The van der Waals surface area contributed by atoms with Gasteiger partial charge in [-0.3, -0.25) is 4.79 Å². The minimum atomic E-state index is -0.0136. The van der Waals surface area contributed by atoms with Crippen molar-refractivity contribution in [1.82, 2.24) is 14.9 Å². The average molecular weight is 435 g/mol. The fourth-order valence-corrected chi connectivity index (χ4v) is 4.36. The van der Waals surface area contributed by atoms with Crippen LogP contribution in [0.25, 0.3) is 0 Å². The molecule has 1 amide bonds. The Labute approximate surface area is 188 Å². The average Bonchev–Trinajstić information content (AvgIpc) is 2.75. The van der Waals surface area contributed by atoms with E-state index in [0.29, 0.717) is 23.7 Å². The molecule has 1 aliphatic heterocycles. The first-order valence-corrected chi connectivity index (χ1v) is 11.0. The molecule has 0 saturated carbocycles. The highest BCUT2D eigenvalue weighted by molar-refractivity contribution is 6.33. The van der Waals surface area contributed by atoms with Crippen molar-refractivity contribution in [2.24, 2.45) is 0 Å². The third-order valence-electron chi connectivity index (χ3n) is 5.74. The summed E-state index contributed by atoms with van der Waals surface area (Å²) in [6.07, 6.45) is 0.794. The van der Waals surface area contributed by atoms with E-state index >= 15 is 0 Å². The van der Waals surface area contributed by atoms with Crippen LogP contribution in [0, 0.1) is 20.8 Å². The molecular weight excluding hydrogens is 408 g/mol. The van der Waals surface area contributed by atoms with Crippen molar-refractivity contribution < 1.29 is 4.79 Å². The van der Waals surface area contributed by atoms with Crippen LogP contribution < -0.4 is 4.90 Å². The topological polar surface area (TPSA) is 49.3 Å². The van der Waals surface area contributed by atoms with Gasteiger partial charge in [0.05, 0.1) is 10.6 Å². The Kier molecular flexibility index (Phi) is 6.23. The lowest BCUT2D eigenvalue weighted by molar-refractivity contribution is 0.0746. The molecule has 160 valence electrons. The zero-order chi connectivity index (χ0) is 22.0. The number of halogens is 1. The number of piperazine rings is 1. The van der Waals surface area contributed by atoms with Crippen LogP contribution in [0.1, 0.15) is 38.6 Å². The van der Waals surface area contributed by atoms with Crippen LogP contribution in [-0.2, 0) is 6.42 Å². The van der Waals surface area contributed by atoms with E-state index in [0.717, 1.165) is 42.4 Å². The number of nitrogens with zero attached hydrogens (tertiary/aromatic N) is 4. The fraction of sp³-hybridized carbons (Fsp3) is 0.320. The summed E-state index contributed by atoms with van der Waals surface area (Å²) in [6.45, 7) is 8.83. The van der Waals surface area contributed by atoms with E-state index in [1.54, 1.807) is 12.1 Å². The molecule has 2 heterocycles. The number of aryl methyl sites for hydroxylation is 3. The Bertz CT molecular complexity index is 1110. The van der Waals surface area contributed by atoms with Gasteiger partial charge in [-0.1, -0.05) is 53.6 Å². The van der Waals surface area contributed by atoms with Gasteiger partial charge < -0.3 is 9.80 Å². The highest BCUT2D eigenvalue weighted by Crippen LogP contribution is 2.26. The third kappa shape index (κ3) is 4.72. The Balaban J connectivity index is 1.54. The molecule has 31 heavy (non-hydrogen) atoms. The molecule has 0 bridgehead atoms. The van der Waals surface area contributed by atoms with Gasteiger partial charge in [0.1, 0.15) is 11.6 Å². The minimum Gasteiger partial charge on any atom is -0.353 e. The molecule has 2 aromatic carbocycles. The Morgan fingerprint density at radius 2 is 1.71 bits per heavy atom. The van der Waals surface area contributed by atoms with E-state index in [1.165, 1.54) is 11.1 Å². The van der Waals surface area contributed by atoms with Gasteiger partial charge in [0, 0.05) is 43.9 Å². The Morgan fingerprint density at radius 3 is 2.42 bits per heavy atom. The molecule has 1 saturated heterocycles. The van der Waals surface area contributed by atoms with Gasteiger partial charge in [-0.05, 0) is 38.5 Å². The maximum atomic E-state index is 12.9. The van der Waals surface area contributed by atoms with E-state index in [4.69, 9.17) is 16.6 Å². The summed E-state index contributed by atoms with van der Waals surface area (Å²) in [6, 6.07) is 15.8. The second kappa shape index (κ2) is 9.06. The van der Waals surface area contributed by atoms with E-state index in [9.17, 15) is 4.79 Å². The van der Waals surface area contributed by atoms with Crippen molar-refractivity contribution in [3.63, 3.8) is 0 Å². The minimum absolute atomic E-state index is 0.0136. The lowest BCUT2D eigenvalue weighted by Gasteiger charge is -2.36. The molecule has 0 N–H and O–H groups in total. The van der Waals surface area contributed by atoms with Crippen molar-refractivity contribution in [2.45, 2.75) is 27.2 Å². The molecule has 3 aromatic rings. The molecule has 6 heteroatoms. The molecule has 0 atom stereocenters. The number of amides is 1. The summed E-state index contributed by atoms with van der Waals surface area (Å²) < 4.78 is 0. The maximum absolute atomic E-state index is 12.9. The number of carbonyl (C=O) groups is 1. The molecule has 1 fully saturated rings. The molecule has 1 aliphatic rings. The molecule has 0 aliphatic carbocycles. The highest BCUT2D eigenvalue weighted by Gasteiger charge is 2.26. The first-order valence-electron chi connectivity index (χ1n) is 10.6. The Morgan fingerprint density at radius 1 is 0.968 bits per heavy atom. The smallest absolute Gasteiger partial charge is 0.255 e. The first-order chi connectivity index (χ1) is 14.9. The summed E-state index contributed by atoms with van der Waals surface area (Å²) in [7, 11) is 0. The van der Waals surface area contributed by atoms with Gasteiger partial charge in [-0.2, -0.15) is 0 Å². The summed E-state index contributed by atoms with van der Waals surface area (Å²) in [5, 5.41) is 0.498. The predicted octanol–water partition coefficient (Wildman–Crippen LogP) is 4.61. The molecule has 0 unspecified atom stereocenters. The number of anilines is 1. The fourth-order valence-electron chi connectivity index (χ4n) is 4.14. The molecular formula is C25H27ClN4O. The normalized spacial score (nSPS) is 14.1. The molecule has 5 nitrogen and oxygen atoms in total. The number of aromatic nitrogens is 2. The second-order valence-corrected chi connectivity index (χ2v) is 8.49. The standard InChI is InChI=1S/C25H27ClN4O/c1-17-7-6-8-20(15-17)16-22-18(2)27-19(3)28-24(22)29-11-13-30(14-12-29)25(31)21-9-4-5-10-23(21)26/h4-10,15H,11-14,16H2,1-3H3. The van der Waals surface area contributed by atoms with E-state index in [-0.39, 0.29) is 5.91 Å². The predicted molar refractivity (Wildman–Crippen MR) is 125 cm³/mol.